The molecule has 26 heavy (non-hydrogen) atoms. The molecule has 4 rings (SSSR count). The number of hydrogen-bond acceptors (Lipinski definition) is 1. The third kappa shape index (κ3) is 3.16. The van der Waals surface area contributed by atoms with Gasteiger partial charge in [0.05, 0.1) is 11.2 Å². The monoisotopic (exact) mass is 335 g/mol. The second-order valence-corrected chi connectivity index (χ2v) is 6.62. The summed E-state index contributed by atoms with van der Waals surface area (Å²) in [6.45, 7) is 4.30. The van der Waals surface area contributed by atoms with Gasteiger partial charge in [-0.1, -0.05) is 72.8 Å². The van der Waals surface area contributed by atoms with Gasteiger partial charge in [-0.25, -0.2) is 4.98 Å². The quantitative estimate of drug-likeness (QED) is 0.393. The van der Waals surface area contributed by atoms with Crippen molar-refractivity contribution in [2.24, 2.45) is 0 Å². The molecule has 0 fully saturated rings. The first-order valence-corrected chi connectivity index (χ1v) is 8.92. The fourth-order valence-corrected chi connectivity index (χ4v) is 3.29. The first-order valence-electron chi connectivity index (χ1n) is 8.92. The van der Waals surface area contributed by atoms with E-state index in [1.165, 1.54) is 22.3 Å². The Bertz CT molecular complexity index is 1110. The minimum atomic E-state index is 1.00. The summed E-state index contributed by atoms with van der Waals surface area (Å²) < 4.78 is 0. The maximum atomic E-state index is 4.95. The third-order valence-electron chi connectivity index (χ3n) is 4.80. The molecule has 1 heteroatoms. The van der Waals surface area contributed by atoms with Crippen molar-refractivity contribution >= 4 is 22.6 Å². The molecule has 0 unspecified atom stereocenters. The summed E-state index contributed by atoms with van der Waals surface area (Å²) in [4.78, 5) is 4.95. The van der Waals surface area contributed by atoms with Crippen molar-refractivity contribution in [2.45, 2.75) is 13.8 Å². The van der Waals surface area contributed by atoms with E-state index in [4.69, 9.17) is 4.98 Å². The molecule has 1 aromatic heterocycles. The van der Waals surface area contributed by atoms with Crippen LogP contribution in [0.5, 0.6) is 0 Å². The number of nitrogens with zero attached hydrogens (tertiary/aromatic N) is 1. The Morgan fingerprint density at radius 1 is 0.692 bits per heavy atom. The maximum Gasteiger partial charge on any atom is 0.0716 e. The summed E-state index contributed by atoms with van der Waals surface area (Å²) in [7, 11) is 0. The van der Waals surface area contributed by atoms with Gasteiger partial charge in [0, 0.05) is 11.0 Å². The van der Waals surface area contributed by atoms with Crippen LogP contribution in [-0.2, 0) is 0 Å². The van der Waals surface area contributed by atoms with Crippen LogP contribution in [0.2, 0.25) is 0 Å². The summed E-state index contributed by atoms with van der Waals surface area (Å²) in [5.74, 6) is 0. The molecular formula is C25H21N. The van der Waals surface area contributed by atoms with Crippen LogP contribution in [0.3, 0.4) is 0 Å². The van der Waals surface area contributed by atoms with Gasteiger partial charge < -0.3 is 0 Å². The molecule has 126 valence electrons. The Balaban J connectivity index is 1.95. The standard InChI is InChI=1S/C25H21N/c1-18-9-3-5-12-21(18)17-23(22-13-7-4-10-19(22)2)25-16-15-20-11-6-8-14-24(20)26-25/h3-17H,1-2H3/b23-17+. The Hall–Kier alpha value is -3.19. The van der Waals surface area contributed by atoms with E-state index in [0.29, 0.717) is 0 Å². The zero-order valence-electron chi connectivity index (χ0n) is 15.1. The second-order valence-electron chi connectivity index (χ2n) is 6.62. The molecule has 1 nitrogen and oxygen atoms in total. The number of fused-ring (bicyclic) bond motifs is 1. The highest BCUT2D eigenvalue weighted by atomic mass is 14.7. The molecule has 0 aliphatic carbocycles. The second kappa shape index (κ2) is 6.97. The fourth-order valence-electron chi connectivity index (χ4n) is 3.29. The van der Waals surface area contributed by atoms with E-state index in [0.717, 1.165) is 22.2 Å². The molecule has 3 aromatic carbocycles. The maximum absolute atomic E-state index is 4.95. The van der Waals surface area contributed by atoms with Crippen molar-refractivity contribution in [2.75, 3.05) is 0 Å². The molecule has 0 bridgehead atoms. The largest absolute Gasteiger partial charge is 0.248 e. The van der Waals surface area contributed by atoms with Crippen LogP contribution < -0.4 is 0 Å². The molecule has 0 N–H and O–H groups in total. The lowest BCUT2D eigenvalue weighted by atomic mass is 9.94. The molecule has 0 spiro atoms. The lowest BCUT2D eigenvalue weighted by molar-refractivity contribution is 1.32. The lowest BCUT2D eigenvalue weighted by Gasteiger charge is -2.13. The van der Waals surface area contributed by atoms with Crippen LogP contribution in [0.1, 0.15) is 27.9 Å². The van der Waals surface area contributed by atoms with Crippen molar-refractivity contribution in [3.8, 4) is 0 Å². The van der Waals surface area contributed by atoms with E-state index in [1.807, 2.05) is 6.07 Å². The molecule has 0 aliphatic rings. The third-order valence-corrected chi connectivity index (χ3v) is 4.80. The van der Waals surface area contributed by atoms with E-state index >= 15 is 0 Å². The number of aromatic nitrogens is 1. The van der Waals surface area contributed by atoms with Crippen molar-refractivity contribution in [3.63, 3.8) is 0 Å². The summed E-state index contributed by atoms with van der Waals surface area (Å²) in [6, 6.07) is 29.5. The predicted octanol–water partition coefficient (Wildman–Crippen LogP) is 6.44. The predicted molar refractivity (Wildman–Crippen MR) is 111 cm³/mol. The Morgan fingerprint density at radius 2 is 1.38 bits per heavy atom. The van der Waals surface area contributed by atoms with Gasteiger partial charge in [-0.15, -0.1) is 0 Å². The van der Waals surface area contributed by atoms with Crippen LogP contribution in [0.15, 0.2) is 84.9 Å². The minimum Gasteiger partial charge on any atom is -0.248 e. The van der Waals surface area contributed by atoms with E-state index in [9.17, 15) is 0 Å². The van der Waals surface area contributed by atoms with Crippen molar-refractivity contribution in [3.05, 3.63) is 113 Å². The molecular weight excluding hydrogens is 314 g/mol. The van der Waals surface area contributed by atoms with Crippen molar-refractivity contribution in [1.29, 1.82) is 0 Å². The summed E-state index contributed by atoms with van der Waals surface area (Å²) in [5.41, 5.74) is 8.14. The van der Waals surface area contributed by atoms with Crippen LogP contribution >= 0.6 is 0 Å². The summed E-state index contributed by atoms with van der Waals surface area (Å²) >= 11 is 0. The molecule has 0 saturated heterocycles. The van der Waals surface area contributed by atoms with Crippen LogP contribution in [-0.4, -0.2) is 4.98 Å². The highest BCUT2D eigenvalue weighted by Gasteiger charge is 2.11. The van der Waals surface area contributed by atoms with E-state index in [1.54, 1.807) is 0 Å². The van der Waals surface area contributed by atoms with Gasteiger partial charge in [-0.3, -0.25) is 0 Å². The van der Waals surface area contributed by atoms with Gasteiger partial charge in [0.2, 0.25) is 0 Å². The molecule has 0 atom stereocenters. The summed E-state index contributed by atoms with van der Waals surface area (Å²) in [5, 5.41) is 1.16. The van der Waals surface area contributed by atoms with Crippen LogP contribution in [0, 0.1) is 13.8 Å². The highest BCUT2D eigenvalue weighted by molar-refractivity contribution is 5.93. The first kappa shape index (κ1) is 16.3. The zero-order chi connectivity index (χ0) is 17.9. The number of para-hydroxylation sites is 1. The van der Waals surface area contributed by atoms with Crippen LogP contribution in [0.25, 0.3) is 22.6 Å². The lowest BCUT2D eigenvalue weighted by Crippen LogP contribution is -1.96. The molecule has 0 amide bonds. The molecule has 0 saturated carbocycles. The van der Waals surface area contributed by atoms with Crippen LogP contribution in [0.4, 0.5) is 0 Å². The fraction of sp³-hybridized carbons (Fsp3) is 0.0800. The van der Waals surface area contributed by atoms with Gasteiger partial charge in [-0.2, -0.15) is 0 Å². The highest BCUT2D eigenvalue weighted by Crippen LogP contribution is 2.29. The molecule has 4 aromatic rings. The van der Waals surface area contributed by atoms with Gasteiger partial charge in [0.1, 0.15) is 0 Å². The van der Waals surface area contributed by atoms with E-state index in [-0.39, 0.29) is 0 Å². The first-order chi connectivity index (χ1) is 12.7. The SMILES string of the molecule is Cc1ccccc1/C=C(/c1ccc2ccccc2n1)c1ccccc1C. The topological polar surface area (TPSA) is 12.9 Å². The molecule has 0 aliphatic heterocycles. The van der Waals surface area contributed by atoms with Gasteiger partial charge in [0.25, 0.3) is 0 Å². The van der Waals surface area contributed by atoms with Gasteiger partial charge in [0.15, 0.2) is 0 Å². The van der Waals surface area contributed by atoms with E-state index < -0.39 is 0 Å². The Morgan fingerprint density at radius 3 is 2.19 bits per heavy atom. The number of benzene rings is 3. The number of hydrogen-bond donors (Lipinski definition) is 0. The smallest absolute Gasteiger partial charge is 0.0716 e. The van der Waals surface area contributed by atoms with Gasteiger partial charge in [-0.05, 0) is 54.3 Å². The summed E-state index contributed by atoms with van der Waals surface area (Å²) in [6.07, 6.45) is 2.26. The van der Waals surface area contributed by atoms with Crippen molar-refractivity contribution < 1.29 is 0 Å². The average Bonchev–Trinajstić information content (AvgIpc) is 2.68. The number of aryl methyl sites for hydroxylation is 2. The van der Waals surface area contributed by atoms with E-state index in [2.05, 4.69) is 98.8 Å². The molecule has 0 radical (unpaired) electrons. The molecule has 1 heterocycles. The Labute approximate surface area is 154 Å². The van der Waals surface area contributed by atoms with Crippen molar-refractivity contribution in [1.82, 2.24) is 4.98 Å². The minimum absolute atomic E-state index is 1.00. The van der Waals surface area contributed by atoms with Gasteiger partial charge >= 0.3 is 0 Å². The average molecular weight is 335 g/mol. The number of rotatable bonds is 3. The Kier molecular flexibility index (Phi) is 4.37. The zero-order valence-corrected chi connectivity index (χ0v) is 15.1. The number of pyridine rings is 1. The normalized spacial score (nSPS) is 11.7.